The number of rotatable bonds is 3. The van der Waals surface area contributed by atoms with Crippen LogP contribution in [0.3, 0.4) is 0 Å². The quantitative estimate of drug-likeness (QED) is 0.502. The van der Waals surface area contributed by atoms with Crippen LogP contribution in [-0.4, -0.2) is 16.1 Å². The standard InChI is InChI=1S/C19H11F5N2/c20-16-11-13-10-12(3-5-17-25-8-1-9-26-17)2-4-14(13)18(21)15(16)6-7-19(22,23)24/h1-2,4,8-11H,3,5H2. The molecule has 7 heteroatoms. The van der Waals surface area contributed by atoms with Crippen LogP contribution >= 0.6 is 0 Å². The fraction of sp³-hybridized carbons (Fsp3) is 0.158. The lowest BCUT2D eigenvalue weighted by Crippen LogP contribution is -2.02. The van der Waals surface area contributed by atoms with Crippen molar-refractivity contribution in [3.8, 4) is 11.8 Å². The lowest BCUT2D eigenvalue weighted by atomic mass is 10.0. The van der Waals surface area contributed by atoms with Crippen molar-refractivity contribution in [2.45, 2.75) is 19.0 Å². The lowest BCUT2D eigenvalue weighted by molar-refractivity contribution is -0.0696. The predicted molar refractivity (Wildman–Crippen MR) is 86.2 cm³/mol. The monoisotopic (exact) mass is 362 g/mol. The summed E-state index contributed by atoms with van der Waals surface area (Å²) in [6, 6.07) is 7.31. The molecule has 0 amide bonds. The van der Waals surface area contributed by atoms with Gasteiger partial charge in [0.05, 0.1) is 5.56 Å². The van der Waals surface area contributed by atoms with E-state index < -0.39 is 23.4 Å². The number of benzene rings is 2. The zero-order chi connectivity index (χ0) is 18.7. The summed E-state index contributed by atoms with van der Waals surface area (Å²) in [4.78, 5) is 8.20. The molecule has 0 fully saturated rings. The Morgan fingerprint density at radius 3 is 2.38 bits per heavy atom. The van der Waals surface area contributed by atoms with Crippen LogP contribution in [0, 0.1) is 23.5 Å². The number of aromatic nitrogens is 2. The molecule has 0 aliphatic heterocycles. The van der Waals surface area contributed by atoms with E-state index >= 15 is 0 Å². The first-order valence-electron chi connectivity index (χ1n) is 7.60. The molecule has 1 aromatic heterocycles. The van der Waals surface area contributed by atoms with Gasteiger partial charge in [-0.25, -0.2) is 18.7 Å². The van der Waals surface area contributed by atoms with Gasteiger partial charge in [-0.05, 0) is 29.5 Å². The second-order valence-corrected chi connectivity index (χ2v) is 5.52. The Morgan fingerprint density at radius 2 is 1.69 bits per heavy atom. The Bertz CT molecular complexity index is 1000. The smallest absolute Gasteiger partial charge is 0.241 e. The van der Waals surface area contributed by atoms with E-state index in [2.05, 4.69) is 9.97 Å². The molecule has 0 bridgehead atoms. The van der Waals surface area contributed by atoms with E-state index in [4.69, 9.17) is 0 Å². The molecule has 3 aromatic rings. The third-order valence-electron chi connectivity index (χ3n) is 3.68. The van der Waals surface area contributed by atoms with Crippen molar-refractivity contribution in [2.75, 3.05) is 0 Å². The Morgan fingerprint density at radius 1 is 0.962 bits per heavy atom. The van der Waals surface area contributed by atoms with Crippen LogP contribution < -0.4 is 0 Å². The summed E-state index contributed by atoms with van der Waals surface area (Å²) < 4.78 is 64.9. The minimum atomic E-state index is -4.82. The van der Waals surface area contributed by atoms with E-state index in [0.717, 1.165) is 17.6 Å². The molecule has 132 valence electrons. The number of alkyl halides is 3. The molecule has 2 aromatic carbocycles. The fourth-order valence-electron chi connectivity index (χ4n) is 2.50. The molecule has 1 heterocycles. The van der Waals surface area contributed by atoms with Gasteiger partial charge in [0.2, 0.25) is 0 Å². The molecular weight excluding hydrogens is 351 g/mol. The van der Waals surface area contributed by atoms with Crippen LogP contribution in [0.1, 0.15) is 17.0 Å². The van der Waals surface area contributed by atoms with Gasteiger partial charge in [0.15, 0.2) is 0 Å². The average Bonchev–Trinajstić information content (AvgIpc) is 2.59. The molecule has 3 rings (SSSR count). The van der Waals surface area contributed by atoms with Crippen LogP contribution in [-0.2, 0) is 12.8 Å². The normalized spacial score (nSPS) is 11.3. The minimum Gasteiger partial charge on any atom is -0.241 e. The first-order chi connectivity index (χ1) is 12.3. The summed E-state index contributed by atoms with van der Waals surface area (Å²) in [5, 5.41) is 0.265. The van der Waals surface area contributed by atoms with Crippen molar-refractivity contribution in [1.82, 2.24) is 9.97 Å². The van der Waals surface area contributed by atoms with Crippen LogP contribution in [0.4, 0.5) is 22.0 Å². The van der Waals surface area contributed by atoms with Gasteiger partial charge in [-0.1, -0.05) is 24.1 Å². The summed E-state index contributed by atoms with van der Waals surface area (Å²) in [7, 11) is 0. The molecule has 0 spiro atoms. The molecular formula is C19H11F5N2. The van der Waals surface area contributed by atoms with Crippen LogP contribution in [0.25, 0.3) is 10.8 Å². The molecule has 2 nitrogen and oxygen atoms in total. The summed E-state index contributed by atoms with van der Waals surface area (Å²) in [6.07, 6.45) is -0.476. The van der Waals surface area contributed by atoms with Crippen molar-refractivity contribution >= 4 is 10.8 Å². The minimum absolute atomic E-state index is 0.0117. The van der Waals surface area contributed by atoms with Gasteiger partial charge < -0.3 is 0 Å². The Balaban J connectivity index is 1.92. The highest BCUT2D eigenvalue weighted by molar-refractivity contribution is 5.85. The highest BCUT2D eigenvalue weighted by Crippen LogP contribution is 2.25. The zero-order valence-electron chi connectivity index (χ0n) is 13.2. The number of aryl methyl sites for hydroxylation is 2. The van der Waals surface area contributed by atoms with Gasteiger partial charge in [0.25, 0.3) is 0 Å². The second-order valence-electron chi connectivity index (χ2n) is 5.52. The van der Waals surface area contributed by atoms with Gasteiger partial charge in [-0.15, -0.1) is 0 Å². The molecule has 0 saturated carbocycles. The van der Waals surface area contributed by atoms with E-state index in [9.17, 15) is 22.0 Å². The van der Waals surface area contributed by atoms with E-state index in [1.165, 1.54) is 12.0 Å². The summed E-state index contributed by atoms with van der Waals surface area (Å²) in [5.41, 5.74) is -0.0851. The number of fused-ring (bicyclic) bond motifs is 1. The van der Waals surface area contributed by atoms with E-state index in [1.54, 1.807) is 30.6 Å². The van der Waals surface area contributed by atoms with Crippen LogP contribution in [0.5, 0.6) is 0 Å². The summed E-state index contributed by atoms with van der Waals surface area (Å²) in [5.74, 6) is 0.833. The first kappa shape index (κ1) is 17.8. The molecule has 0 aliphatic rings. The summed E-state index contributed by atoms with van der Waals surface area (Å²) >= 11 is 0. The van der Waals surface area contributed by atoms with E-state index in [0.29, 0.717) is 18.7 Å². The molecule has 0 aliphatic carbocycles. The van der Waals surface area contributed by atoms with Crippen molar-refractivity contribution in [2.24, 2.45) is 0 Å². The number of hydrogen-bond acceptors (Lipinski definition) is 2. The van der Waals surface area contributed by atoms with Crippen LogP contribution in [0.2, 0.25) is 0 Å². The summed E-state index contributed by atoms with van der Waals surface area (Å²) in [6.45, 7) is 0. The first-order valence-corrected chi connectivity index (χ1v) is 7.60. The third-order valence-corrected chi connectivity index (χ3v) is 3.68. The van der Waals surface area contributed by atoms with Gasteiger partial charge in [0.1, 0.15) is 17.5 Å². The topological polar surface area (TPSA) is 25.8 Å². The maximum atomic E-state index is 14.4. The maximum Gasteiger partial charge on any atom is 0.458 e. The lowest BCUT2D eigenvalue weighted by Gasteiger charge is -2.07. The third kappa shape index (κ3) is 4.14. The van der Waals surface area contributed by atoms with Gasteiger partial charge in [-0.3, -0.25) is 0 Å². The fourth-order valence-corrected chi connectivity index (χ4v) is 2.50. The van der Waals surface area contributed by atoms with Crippen LogP contribution in [0.15, 0.2) is 42.7 Å². The van der Waals surface area contributed by atoms with Crippen molar-refractivity contribution < 1.29 is 22.0 Å². The highest BCUT2D eigenvalue weighted by atomic mass is 19.4. The van der Waals surface area contributed by atoms with E-state index in [-0.39, 0.29) is 10.8 Å². The molecule has 0 atom stereocenters. The van der Waals surface area contributed by atoms with Crippen molar-refractivity contribution in [1.29, 1.82) is 0 Å². The highest BCUT2D eigenvalue weighted by Gasteiger charge is 2.23. The number of hydrogen-bond donors (Lipinski definition) is 0. The Labute approximate surface area is 145 Å². The number of halogens is 5. The van der Waals surface area contributed by atoms with Gasteiger partial charge in [-0.2, -0.15) is 13.2 Å². The SMILES string of the molecule is Fc1cc2cc(CCc3ncccn3)ccc2c(F)c1C#CC(F)(F)F. The van der Waals surface area contributed by atoms with Crippen molar-refractivity contribution in [3.05, 3.63) is 71.3 Å². The molecule has 0 saturated heterocycles. The molecule has 0 N–H and O–H groups in total. The second kappa shape index (κ2) is 7.08. The molecule has 26 heavy (non-hydrogen) atoms. The van der Waals surface area contributed by atoms with Gasteiger partial charge in [0, 0.05) is 30.1 Å². The largest absolute Gasteiger partial charge is 0.458 e. The van der Waals surface area contributed by atoms with Crippen molar-refractivity contribution in [3.63, 3.8) is 0 Å². The predicted octanol–water partition coefficient (Wildman–Crippen LogP) is 4.61. The van der Waals surface area contributed by atoms with E-state index in [1.807, 2.05) is 0 Å². The molecule has 0 radical (unpaired) electrons. The Hall–Kier alpha value is -3.01. The maximum absolute atomic E-state index is 14.4. The van der Waals surface area contributed by atoms with Gasteiger partial charge >= 0.3 is 6.18 Å². The Kier molecular flexibility index (Phi) is 4.85. The zero-order valence-corrected chi connectivity index (χ0v) is 13.2. The average molecular weight is 362 g/mol. The number of nitrogens with zero attached hydrogens (tertiary/aromatic N) is 2. The molecule has 0 unspecified atom stereocenters.